The molecule has 128 valence electrons. The van der Waals surface area contributed by atoms with Gasteiger partial charge in [0.1, 0.15) is 5.78 Å². The van der Waals surface area contributed by atoms with Gasteiger partial charge in [0.2, 0.25) is 5.56 Å². The SMILES string of the molecule is O=C(Cc1ccc(=O)[nH]c1)Cc1c(-c2ccccc2)ccc2cncn12. The molecule has 3 heterocycles. The van der Waals surface area contributed by atoms with Gasteiger partial charge in [-0.05, 0) is 17.2 Å². The van der Waals surface area contributed by atoms with E-state index in [9.17, 15) is 9.59 Å². The fraction of sp³-hybridized carbons (Fsp3) is 0.0952. The highest BCUT2D eigenvalue weighted by Gasteiger charge is 2.14. The molecule has 3 aromatic heterocycles. The van der Waals surface area contributed by atoms with Crippen molar-refractivity contribution < 1.29 is 4.79 Å². The largest absolute Gasteiger partial charge is 0.329 e. The summed E-state index contributed by atoms with van der Waals surface area (Å²) in [6.45, 7) is 0. The van der Waals surface area contributed by atoms with Crippen LogP contribution in [0.15, 0.2) is 78.1 Å². The highest BCUT2D eigenvalue weighted by Crippen LogP contribution is 2.26. The van der Waals surface area contributed by atoms with Gasteiger partial charge in [-0.2, -0.15) is 0 Å². The fourth-order valence-corrected chi connectivity index (χ4v) is 3.14. The highest BCUT2D eigenvalue weighted by atomic mass is 16.1. The van der Waals surface area contributed by atoms with Crippen molar-refractivity contribution in [2.75, 3.05) is 0 Å². The molecule has 1 N–H and O–H groups in total. The Morgan fingerprint density at radius 3 is 2.62 bits per heavy atom. The monoisotopic (exact) mass is 343 g/mol. The Bertz CT molecular complexity index is 1110. The number of rotatable bonds is 5. The van der Waals surface area contributed by atoms with Crippen LogP contribution in [-0.2, 0) is 17.6 Å². The van der Waals surface area contributed by atoms with Gasteiger partial charge < -0.3 is 9.38 Å². The first-order valence-corrected chi connectivity index (χ1v) is 8.39. The Kier molecular flexibility index (Phi) is 4.19. The smallest absolute Gasteiger partial charge is 0.247 e. The van der Waals surface area contributed by atoms with E-state index in [4.69, 9.17) is 0 Å². The lowest BCUT2D eigenvalue weighted by Crippen LogP contribution is -2.12. The quantitative estimate of drug-likeness (QED) is 0.606. The fourth-order valence-electron chi connectivity index (χ4n) is 3.14. The van der Waals surface area contributed by atoms with Crippen LogP contribution in [0.25, 0.3) is 16.6 Å². The van der Waals surface area contributed by atoms with E-state index in [1.54, 1.807) is 24.8 Å². The van der Waals surface area contributed by atoms with E-state index in [0.717, 1.165) is 27.9 Å². The summed E-state index contributed by atoms with van der Waals surface area (Å²) in [6.07, 6.45) is 5.68. The number of hydrogen-bond donors (Lipinski definition) is 1. The molecule has 4 aromatic rings. The van der Waals surface area contributed by atoms with Gasteiger partial charge in [-0.3, -0.25) is 9.59 Å². The number of fused-ring (bicyclic) bond motifs is 1. The first-order valence-electron chi connectivity index (χ1n) is 8.39. The van der Waals surface area contributed by atoms with Crippen LogP contribution in [-0.4, -0.2) is 20.2 Å². The van der Waals surface area contributed by atoms with Gasteiger partial charge in [0.05, 0.1) is 18.0 Å². The van der Waals surface area contributed by atoms with E-state index in [0.29, 0.717) is 0 Å². The number of pyridine rings is 2. The average molecular weight is 343 g/mol. The molecule has 0 aliphatic heterocycles. The van der Waals surface area contributed by atoms with Gasteiger partial charge in [0, 0.05) is 36.4 Å². The number of nitrogens with zero attached hydrogens (tertiary/aromatic N) is 2. The standard InChI is InChI=1S/C21H17N3O2/c25-18(10-15-6-9-21(26)23-12-15)11-20-19(16-4-2-1-3-5-16)8-7-17-13-22-14-24(17)20/h1-9,12-14H,10-11H2,(H,23,26). The number of aromatic amines is 1. The minimum Gasteiger partial charge on any atom is -0.329 e. The van der Waals surface area contributed by atoms with Crippen LogP contribution in [0.3, 0.4) is 0 Å². The Labute approximate surface area is 150 Å². The number of imidazole rings is 1. The number of Topliss-reactive ketones (excluding diaryl/α,β-unsaturated/α-hetero) is 1. The van der Waals surface area contributed by atoms with Crippen LogP contribution < -0.4 is 5.56 Å². The normalized spacial score (nSPS) is 10.9. The summed E-state index contributed by atoms with van der Waals surface area (Å²) in [5.74, 6) is 0.0791. The van der Waals surface area contributed by atoms with Crippen molar-refractivity contribution in [3.63, 3.8) is 0 Å². The number of carbonyl (C=O) groups is 1. The molecule has 26 heavy (non-hydrogen) atoms. The van der Waals surface area contributed by atoms with Crippen LogP contribution in [0.5, 0.6) is 0 Å². The number of benzene rings is 1. The highest BCUT2D eigenvalue weighted by molar-refractivity contribution is 5.85. The number of nitrogens with one attached hydrogen (secondary N) is 1. The predicted molar refractivity (Wildman–Crippen MR) is 100 cm³/mol. The minimum atomic E-state index is -0.171. The van der Waals surface area contributed by atoms with Crippen molar-refractivity contribution in [2.24, 2.45) is 0 Å². The molecule has 0 unspecified atom stereocenters. The van der Waals surface area contributed by atoms with Gasteiger partial charge in [-0.1, -0.05) is 42.5 Å². The molecule has 0 bridgehead atoms. The maximum absolute atomic E-state index is 12.7. The first kappa shape index (κ1) is 16.0. The minimum absolute atomic E-state index is 0.0791. The van der Waals surface area contributed by atoms with Crippen molar-refractivity contribution in [1.82, 2.24) is 14.4 Å². The summed E-state index contributed by atoms with van der Waals surface area (Å²) in [7, 11) is 0. The second-order valence-electron chi connectivity index (χ2n) is 6.20. The zero-order valence-corrected chi connectivity index (χ0v) is 14.1. The molecule has 0 aliphatic rings. The Hall–Kier alpha value is -3.47. The van der Waals surface area contributed by atoms with Crippen LogP contribution in [0.1, 0.15) is 11.3 Å². The molecule has 0 saturated carbocycles. The van der Waals surface area contributed by atoms with Crippen molar-refractivity contribution >= 4 is 11.3 Å². The molecular weight excluding hydrogens is 326 g/mol. The third-order valence-corrected chi connectivity index (χ3v) is 4.39. The van der Waals surface area contributed by atoms with Crippen LogP contribution in [0.4, 0.5) is 0 Å². The average Bonchev–Trinajstić information content (AvgIpc) is 3.14. The van der Waals surface area contributed by atoms with Gasteiger partial charge in [-0.15, -0.1) is 0 Å². The van der Waals surface area contributed by atoms with Crippen molar-refractivity contribution in [1.29, 1.82) is 0 Å². The molecule has 0 spiro atoms. The zero-order chi connectivity index (χ0) is 17.9. The number of aromatic nitrogens is 3. The van der Waals surface area contributed by atoms with Gasteiger partial charge >= 0.3 is 0 Å². The van der Waals surface area contributed by atoms with E-state index in [2.05, 4.69) is 9.97 Å². The molecule has 1 aromatic carbocycles. The lowest BCUT2D eigenvalue weighted by atomic mass is 9.98. The third-order valence-electron chi connectivity index (χ3n) is 4.39. The van der Waals surface area contributed by atoms with E-state index in [-0.39, 0.29) is 24.2 Å². The third kappa shape index (κ3) is 3.19. The first-order chi connectivity index (χ1) is 12.7. The van der Waals surface area contributed by atoms with Crippen molar-refractivity contribution in [3.05, 3.63) is 94.9 Å². The van der Waals surface area contributed by atoms with E-state index >= 15 is 0 Å². The van der Waals surface area contributed by atoms with Gasteiger partial charge in [0.25, 0.3) is 0 Å². The van der Waals surface area contributed by atoms with Crippen molar-refractivity contribution in [2.45, 2.75) is 12.8 Å². The maximum atomic E-state index is 12.7. The molecule has 0 aliphatic carbocycles. The van der Waals surface area contributed by atoms with E-state index in [1.807, 2.05) is 46.9 Å². The molecule has 5 heteroatoms. The number of ketones is 1. The molecular formula is C21H17N3O2. The van der Waals surface area contributed by atoms with E-state index in [1.165, 1.54) is 6.07 Å². The topological polar surface area (TPSA) is 67.2 Å². The number of carbonyl (C=O) groups excluding carboxylic acids is 1. The summed E-state index contributed by atoms with van der Waals surface area (Å²) in [4.78, 5) is 30.7. The van der Waals surface area contributed by atoms with Gasteiger partial charge in [-0.25, -0.2) is 4.98 Å². The molecule has 5 nitrogen and oxygen atoms in total. The van der Waals surface area contributed by atoms with Crippen LogP contribution in [0.2, 0.25) is 0 Å². The zero-order valence-electron chi connectivity index (χ0n) is 14.1. The van der Waals surface area contributed by atoms with Gasteiger partial charge in [0.15, 0.2) is 0 Å². The Morgan fingerprint density at radius 1 is 1.00 bits per heavy atom. The molecule has 0 amide bonds. The Morgan fingerprint density at radius 2 is 1.85 bits per heavy atom. The molecule has 0 saturated heterocycles. The van der Waals surface area contributed by atoms with E-state index < -0.39 is 0 Å². The molecule has 0 radical (unpaired) electrons. The summed E-state index contributed by atoms with van der Waals surface area (Å²) in [5.41, 5.74) is 4.59. The summed E-state index contributed by atoms with van der Waals surface area (Å²) >= 11 is 0. The molecule has 0 fully saturated rings. The molecule has 4 rings (SSSR count). The summed E-state index contributed by atoms with van der Waals surface area (Å²) in [6, 6.07) is 17.2. The second-order valence-corrected chi connectivity index (χ2v) is 6.20. The maximum Gasteiger partial charge on any atom is 0.247 e. The predicted octanol–water partition coefficient (Wildman–Crippen LogP) is 3.04. The van der Waals surface area contributed by atoms with Crippen LogP contribution >= 0.6 is 0 Å². The van der Waals surface area contributed by atoms with Crippen LogP contribution in [0, 0.1) is 0 Å². The second kappa shape index (κ2) is 6.80. The summed E-state index contributed by atoms with van der Waals surface area (Å²) in [5, 5.41) is 0. The molecule has 0 atom stereocenters. The Balaban J connectivity index is 1.70. The number of hydrogen-bond acceptors (Lipinski definition) is 3. The lowest BCUT2D eigenvalue weighted by molar-refractivity contribution is -0.117. The lowest BCUT2D eigenvalue weighted by Gasteiger charge is -2.12. The van der Waals surface area contributed by atoms with Crippen molar-refractivity contribution in [3.8, 4) is 11.1 Å². The summed E-state index contributed by atoms with van der Waals surface area (Å²) < 4.78 is 1.97. The number of H-pyrrole nitrogens is 1.